The van der Waals surface area contributed by atoms with Crippen molar-refractivity contribution in [3.05, 3.63) is 10.1 Å². The first kappa shape index (κ1) is 22.2. The van der Waals surface area contributed by atoms with Crippen molar-refractivity contribution in [1.29, 1.82) is 0 Å². The lowest BCUT2D eigenvalue weighted by atomic mass is 9.81. The van der Waals surface area contributed by atoms with Gasteiger partial charge in [0.2, 0.25) is 5.79 Å². The van der Waals surface area contributed by atoms with Crippen LogP contribution < -0.4 is 0 Å². The SMILES string of the molecule is COC1(OC)[C@@]2(Cl)C(Cl)=C(Cl)[C@]1(Cl)[C@@H]1[C@@H](C(=O)O)N(C(=O)OC(C)(C)C)C[C@@H]12. The van der Waals surface area contributed by atoms with Gasteiger partial charge in [-0.1, -0.05) is 23.2 Å². The lowest BCUT2D eigenvalue weighted by Gasteiger charge is -2.43. The van der Waals surface area contributed by atoms with Gasteiger partial charge in [0.1, 0.15) is 21.4 Å². The van der Waals surface area contributed by atoms with Crippen molar-refractivity contribution >= 4 is 58.5 Å². The minimum Gasteiger partial charge on any atom is -0.480 e. The number of methoxy groups -OCH3 is 2. The zero-order chi connectivity index (χ0) is 21.4. The van der Waals surface area contributed by atoms with Crippen LogP contribution >= 0.6 is 46.4 Å². The normalized spacial score (nSPS) is 38.8. The van der Waals surface area contributed by atoms with E-state index in [-0.39, 0.29) is 16.6 Å². The number of fused-ring (bicyclic) bond motifs is 5. The molecule has 1 N–H and O–H groups in total. The molecule has 1 amide bonds. The summed E-state index contributed by atoms with van der Waals surface area (Å²) in [7, 11) is 2.67. The Kier molecular flexibility index (Phi) is 5.19. The quantitative estimate of drug-likeness (QED) is 0.495. The summed E-state index contributed by atoms with van der Waals surface area (Å²) in [5, 5.41) is 9.92. The molecule has 3 aliphatic rings. The number of halogens is 4. The van der Waals surface area contributed by atoms with Crippen molar-refractivity contribution in [2.24, 2.45) is 11.8 Å². The number of aliphatic carboxylic acids is 1. The number of carbonyl (C=O) groups excluding carboxylic acids is 1. The minimum absolute atomic E-state index is 0.0194. The van der Waals surface area contributed by atoms with E-state index in [2.05, 4.69) is 0 Å². The summed E-state index contributed by atoms with van der Waals surface area (Å²) in [6, 6.07) is -1.36. The number of hydrogen-bond acceptors (Lipinski definition) is 5. The van der Waals surface area contributed by atoms with Gasteiger partial charge in [-0.15, -0.1) is 23.2 Å². The van der Waals surface area contributed by atoms with Crippen LogP contribution in [0.4, 0.5) is 4.79 Å². The third kappa shape index (κ3) is 2.38. The number of carboxylic acid groups (broad SMARTS) is 1. The van der Waals surface area contributed by atoms with Gasteiger partial charge < -0.3 is 19.3 Å². The molecule has 0 aromatic carbocycles. The molecule has 0 aromatic rings. The second-order valence-electron chi connectivity index (χ2n) is 8.12. The molecule has 0 aromatic heterocycles. The van der Waals surface area contributed by atoms with Gasteiger partial charge in [-0.3, -0.25) is 4.90 Å². The van der Waals surface area contributed by atoms with Crippen LogP contribution in [-0.4, -0.2) is 70.0 Å². The average Bonchev–Trinajstić information content (AvgIpc) is 3.10. The maximum absolute atomic E-state index is 12.7. The maximum atomic E-state index is 12.7. The van der Waals surface area contributed by atoms with Gasteiger partial charge in [-0.05, 0) is 20.8 Å². The Morgan fingerprint density at radius 3 is 2.04 bits per heavy atom. The molecule has 5 atom stereocenters. The Hall–Kier alpha value is -0.440. The Morgan fingerprint density at radius 2 is 1.61 bits per heavy atom. The van der Waals surface area contributed by atoms with Crippen LogP contribution in [-0.2, 0) is 19.0 Å². The Bertz CT molecular complexity index is 763. The largest absolute Gasteiger partial charge is 0.480 e. The summed E-state index contributed by atoms with van der Waals surface area (Å²) in [6.45, 7) is 4.99. The molecule has 3 rings (SSSR count). The van der Waals surface area contributed by atoms with E-state index in [1.165, 1.54) is 14.2 Å². The fourth-order valence-corrected chi connectivity index (χ4v) is 7.07. The van der Waals surface area contributed by atoms with Crippen LogP contribution in [0.5, 0.6) is 0 Å². The van der Waals surface area contributed by atoms with Crippen LogP contribution in [0.15, 0.2) is 10.1 Å². The molecule has 1 heterocycles. The average molecular weight is 477 g/mol. The van der Waals surface area contributed by atoms with Crippen molar-refractivity contribution in [3.63, 3.8) is 0 Å². The standard InChI is InChI=1S/C17H21Cl4NO6/c1-14(2,3)28-13(25)22-6-7-8(9(22)12(23)24)16(21)11(19)10(18)15(7,20)17(16,26-4)27-5/h7-9H,6H2,1-5H3,(H,23,24)/t7-,8-,9-,15-,16+/m0/s1. The monoisotopic (exact) mass is 475 g/mol. The Morgan fingerprint density at radius 1 is 1.11 bits per heavy atom. The number of rotatable bonds is 3. The molecule has 158 valence electrons. The topological polar surface area (TPSA) is 85.3 Å². The Balaban J connectivity index is 2.15. The Labute approximate surface area is 182 Å². The van der Waals surface area contributed by atoms with E-state index in [9.17, 15) is 14.7 Å². The van der Waals surface area contributed by atoms with Crippen molar-refractivity contribution in [3.8, 4) is 0 Å². The van der Waals surface area contributed by atoms with Crippen molar-refractivity contribution in [1.82, 2.24) is 4.90 Å². The summed E-state index contributed by atoms with van der Waals surface area (Å²) in [4.78, 5) is 22.7. The first-order valence-corrected chi connectivity index (χ1v) is 10.0. The molecular formula is C17H21Cl4NO6. The molecule has 1 saturated heterocycles. The maximum Gasteiger partial charge on any atom is 0.411 e. The van der Waals surface area contributed by atoms with E-state index in [0.717, 1.165) is 4.90 Å². The van der Waals surface area contributed by atoms with Gasteiger partial charge in [0.15, 0.2) is 0 Å². The van der Waals surface area contributed by atoms with Crippen molar-refractivity contribution < 1.29 is 28.9 Å². The summed E-state index contributed by atoms with van der Waals surface area (Å²) in [6.07, 6.45) is -0.790. The van der Waals surface area contributed by atoms with Crippen LogP contribution in [0.2, 0.25) is 0 Å². The second-order valence-corrected chi connectivity index (χ2v) is 10.1. The van der Waals surface area contributed by atoms with E-state index >= 15 is 0 Å². The lowest BCUT2D eigenvalue weighted by molar-refractivity contribution is -0.223. The predicted octanol–water partition coefficient (Wildman–Crippen LogP) is 3.58. The highest BCUT2D eigenvalue weighted by Crippen LogP contribution is 2.76. The first-order valence-electron chi connectivity index (χ1n) is 8.51. The smallest absolute Gasteiger partial charge is 0.411 e. The third-order valence-corrected chi connectivity index (χ3v) is 8.39. The van der Waals surface area contributed by atoms with Gasteiger partial charge in [-0.2, -0.15) is 0 Å². The molecule has 7 nitrogen and oxygen atoms in total. The van der Waals surface area contributed by atoms with Crippen LogP contribution in [0.3, 0.4) is 0 Å². The van der Waals surface area contributed by atoms with E-state index in [0.29, 0.717) is 0 Å². The zero-order valence-electron chi connectivity index (χ0n) is 15.9. The van der Waals surface area contributed by atoms with E-state index < -0.39 is 51.1 Å². The van der Waals surface area contributed by atoms with Gasteiger partial charge >= 0.3 is 12.1 Å². The number of likely N-dealkylation sites (tertiary alicyclic amines) is 1. The lowest BCUT2D eigenvalue weighted by Crippen LogP contribution is -2.61. The van der Waals surface area contributed by atoms with Crippen molar-refractivity contribution in [2.45, 2.75) is 47.9 Å². The van der Waals surface area contributed by atoms with Crippen LogP contribution in [0.1, 0.15) is 20.8 Å². The van der Waals surface area contributed by atoms with Gasteiger partial charge in [-0.25, -0.2) is 9.59 Å². The number of amides is 1. The number of hydrogen-bond donors (Lipinski definition) is 1. The summed E-state index contributed by atoms with van der Waals surface area (Å²) >= 11 is 26.8. The molecular weight excluding hydrogens is 456 g/mol. The summed E-state index contributed by atoms with van der Waals surface area (Å²) in [5.74, 6) is -4.60. The van der Waals surface area contributed by atoms with Crippen molar-refractivity contribution in [2.75, 3.05) is 20.8 Å². The van der Waals surface area contributed by atoms with Gasteiger partial charge in [0.25, 0.3) is 0 Å². The molecule has 1 aliphatic heterocycles. The molecule has 2 aliphatic carbocycles. The van der Waals surface area contributed by atoms with Crippen LogP contribution in [0, 0.1) is 11.8 Å². The minimum atomic E-state index is -1.71. The highest BCUT2D eigenvalue weighted by Gasteiger charge is 2.88. The van der Waals surface area contributed by atoms with E-state index in [1.54, 1.807) is 20.8 Å². The molecule has 0 spiro atoms. The zero-order valence-corrected chi connectivity index (χ0v) is 18.9. The van der Waals surface area contributed by atoms with Gasteiger partial charge in [0, 0.05) is 32.6 Å². The summed E-state index contributed by atoms with van der Waals surface area (Å²) in [5.41, 5.74) is -0.815. The first-order chi connectivity index (χ1) is 12.7. The van der Waals surface area contributed by atoms with E-state index in [4.69, 9.17) is 60.6 Å². The second kappa shape index (κ2) is 6.53. The number of alkyl halides is 2. The molecule has 0 unspecified atom stereocenters. The molecule has 0 radical (unpaired) electrons. The number of carboxylic acids is 1. The summed E-state index contributed by atoms with van der Waals surface area (Å²) < 4.78 is 16.6. The molecule has 11 heteroatoms. The van der Waals surface area contributed by atoms with Crippen LogP contribution in [0.25, 0.3) is 0 Å². The fourth-order valence-electron chi connectivity index (χ4n) is 4.84. The fraction of sp³-hybridized carbons (Fsp3) is 0.765. The number of ether oxygens (including phenoxy) is 3. The molecule has 2 fully saturated rings. The molecule has 28 heavy (non-hydrogen) atoms. The third-order valence-electron chi connectivity index (χ3n) is 5.72. The van der Waals surface area contributed by atoms with E-state index in [1.807, 2.05) is 0 Å². The highest BCUT2D eigenvalue weighted by molar-refractivity contribution is 6.52. The molecule has 2 bridgehead atoms. The number of carbonyl (C=O) groups is 2. The number of nitrogens with zero attached hydrogens (tertiary/aromatic N) is 1. The van der Waals surface area contributed by atoms with Gasteiger partial charge in [0.05, 0.1) is 10.1 Å². The predicted molar refractivity (Wildman–Crippen MR) is 104 cm³/mol. The molecule has 1 saturated carbocycles. The highest BCUT2D eigenvalue weighted by atomic mass is 35.5.